The van der Waals surface area contributed by atoms with Crippen LogP contribution in [0.4, 0.5) is 0 Å². The first-order chi connectivity index (χ1) is 18.8. The minimum absolute atomic E-state index is 0.0404. The zero-order chi connectivity index (χ0) is 27.3. The molecule has 0 radical (unpaired) electrons. The minimum Gasteiger partial charge on any atom is -0.392 e. The summed E-state index contributed by atoms with van der Waals surface area (Å²) in [5.74, 6) is 2.50. The molecular weight excluding hydrogens is 480 g/mol. The molecule has 5 aliphatic carbocycles. The van der Waals surface area contributed by atoms with Crippen LogP contribution >= 0.6 is 0 Å². The van der Waals surface area contributed by atoms with Gasteiger partial charge in [0.1, 0.15) is 0 Å². The number of aliphatic hydroxyl groups is 2. The molecule has 0 aromatic heterocycles. The maximum atomic E-state index is 12.3. The molecule has 39 heavy (non-hydrogen) atoms. The first-order valence-corrected chi connectivity index (χ1v) is 17.6. The number of nitrogens with one attached hydrogen (secondary N) is 2. The van der Waals surface area contributed by atoms with Crippen LogP contribution in [0.5, 0.6) is 0 Å². The molecule has 4 nitrogen and oxygen atoms in total. The van der Waals surface area contributed by atoms with Crippen molar-refractivity contribution in [3.63, 3.8) is 0 Å². The molecule has 11 atom stereocenters. The Morgan fingerprint density at radius 1 is 0.923 bits per heavy atom. The van der Waals surface area contributed by atoms with Crippen molar-refractivity contribution in [3.05, 3.63) is 0 Å². The molecule has 4 N–H and O–H groups in total. The van der Waals surface area contributed by atoms with Gasteiger partial charge in [-0.05, 0) is 106 Å². The van der Waals surface area contributed by atoms with E-state index in [1.807, 2.05) is 0 Å². The van der Waals surface area contributed by atoms with E-state index >= 15 is 0 Å². The van der Waals surface area contributed by atoms with Gasteiger partial charge in [0.05, 0.1) is 11.7 Å². The SMILES string of the molecule is CCCCCCCCCCC1CC2C3NC(CNC)CCC3CC34C(O)CC5(C)CCCC(O)(C5)C3CC24C1. The molecule has 0 aromatic rings. The maximum Gasteiger partial charge on any atom is 0.0687 e. The third-order valence-electron chi connectivity index (χ3n) is 13.9. The van der Waals surface area contributed by atoms with Crippen LogP contribution in [0.15, 0.2) is 0 Å². The average Bonchev–Trinajstić information content (AvgIpc) is 3.28. The molecule has 1 aliphatic heterocycles. The van der Waals surface area contributed by atoms with Crippen molar-refractivity contribution in [1.29, 1.82) is 0 Å². The Labute approximate surface area is 240 Å². The molecule has 6 fully saturated rings. The first-order valence-electron chi connectivity index (χ1n) is 17.6. The Morgan fingerprint density at radius 3 is 2.46 bits per heavy atom. The Bertz CT molecular complexity index is 851. The molecule has 4 heteroatoms. The van der Waals surface area contributed by atoms with Gasteiger partial charge in [0.25, 0.3) is 0 Å². The fourth-order valence-electron chi connectivity index (χ4n) is 12.5. The summed E-state index contributed by atoms with van der Waals surface area (Å²) >= 11 is 0. The quantitative estimate of drug-likeness (QED) is 0.213. The maximum absolute atomic E-state index is 12.3. The van der Waals surface area contributed by atoms with E-state index in [-0.39, 0.29) is 22.3 Å². The summed E-state index contributed by atoms with van der Waals surface area (Å²) in [5.41, 5.74) is -0.216. The summed E-state index contributed by atoms with van der Waals surface area (Å²) < 4.78 is 0. The Kier molecular flexibility index (Phi) is 8.28. The second-order valence-electron chi connectivity index (χ2n) is 16.3. The van der Waals surface area contributed by atoms with Gasteiger partial charge in [-0.2, -0.15) is 0 Å². The molecule has 1 saturated heterocycles. The normalized spacial score (nSPS) is 50.2. The molecule has 5 saturated carbocycles. The van der Waals surface area contributed by atoms with Crippen molar-refractivity contribution in [3.8, 4) is 0 Å². The van der Waals surface area contributed by atoms with E-state index in [9.17, 15) is 10.2 Å². The molecule has 11 unspecified atom stereocenters. The fraction of sp³-hybridized carbons (Fsp3) is 1.00. The predicted octanol–water partition coefficient (Wildman–Crippen LogP) is 6.97. The molecule has 2 bridgehead atoms. The fourth-order valence-corrected chi connectivity index (χ4v) is 12.5. The third-order valence-corrected chi connectivity index (χ3v) is 13.9. The van der Waals surface area contributed by atoms with Crippen molar-refractivity contribution in [2.45, 2.75) is 166 Å². The Hall–Kier alpha value is -0.160. The van der Waals surface area contributed by atoms with Crippen molar-refractivity contribution in [1.82, 2.24) is 10.6 Å². The molecule has 2 spiro atoms. The van der Waals surface area contributed by atoms with E-state index in [1.54, 1.807) is 0 Å². The van der Waals surface area contributed by atoms with Crippen molar-refractivity contribution < 1.29 is 10.2 Å². The molecule has 0 amide bonds. The summed E-state index contributed by atoms with van der Waals surface area (Å²) in [4.78, 5) is 0. The predicted molar refractivity (Wildman–Crippen MR) is 161 cm³/mol. The van der Waals surface area contributed by atoms with Crippen LogP contribution in [-0.2, 0) is 0 Å². The summed E-state index contributed by atoms with van der Waals surface area (Å²) in [5, 5.41) is 32.3. The van der Waals surface area contributed by atoms with E-state index < -0.39 is 5.60 Å². The van der Waals surface area contributed by atoms with E-state index in [0.29, 0.717) is 29.8 Å². The van der Waals surface area contributed by atoms with E-state index in [2.05, 4.69) is 31.5 Å². The number of fused-ring (bicyclic) bond motifs is 5. The lowest BCUT2D eigenvalue weighted by molar-refractivity contribution is -0.305. The van der Waals surface area contributed by atoms with Gasteiger partial charge in [-0.15, -0.1) is 0 Å². The van der Waals surface area contributed by atoms with Crippen molar-refractivity contribution >= 4 is 0 Å². The molecule has 6 aliphatic rings. The third kappa shape index (κ3) is 4.78. The standard InChI is InChI=1S/C35H62N2O2/c1-4-5-6-7-8-9-10-11-13-25-18-28-31-26(14-15-27(37-31)23-36-3)20-35-29(21-33(28,35)19-25)34(39)17-12-16-32(2,24-34)22-30(35)38/h25-31,36-39H,4-24H2,1-3H3. The number of hydrogen-bond donors (Lipinski definition) is 4. The van der Waals surface area contributed by atoms with Crippen LogP contribution in [0.1, 0.15) is 142 Å². The summed E-state index contributed by atoms with van der Waals surface area (Å²) in [6.45, 7) is 5.76. The van der Waals surface area contributed by atoms with Crippen molar-refractivity contribution in [2.75, 3.05) is 13.6 Å². The lowest BCUT2D eigenvalue weighted by atomic mass is 9.31. The van der Waals surface area contributed by atoms with Gasteiger partial charge in [0.2, 0.25) is 0 Å². The molecule has 224 valence electrons. The first kappa shape index (κ1) is 28.9. The zero-order valence-corrected chi connectivity index (χ0v) is 25.8. The lowest BCUT2D eigenvalue weighted by Gasteiger charge is -2.75. The van der Waals surface area contributed by atoms with Gasteiger partial charge < -0.3 is 20.8 Å². The van der Waals surface area contributed by atoms with Crippen LogP contribution in [0, 0.1) is 39.9 Å². The van der Waals surface area contributed by atoms with Crippen LogP contribution in [0.2, 0.25) is 0 Å². The molecule has 0 aromatic carbocycles. The molecule has 6 rings (SSSR count). The molecule has 1 heterocycles. The highest BCUT2D eigenvalue weighted by molar-refractivity contribution is 5.29. The Morgan fingerprint density at radius 2 is 1.69 bits per heavy atom. The van der Waals surface area contributed by atoms with E-state index in [4.69, 9.17) is 0 Å². The van der Waals surface area contributed by atoms with Crippen molar-refractivity contribution in [2.24, 2.45) is 39.9 Å². The van der Waals surface area contributed by atoms with Gasteiger partial charge in [-0.25, -0.2) is 0 Å². The van der Waals surface area contributed by atoms with Crippen LogP contribution < -0.4 is 10.6 Å². The largest absolute Gasteiger partial charge is 0.392 e. The van der Waals surface area contributed by atoms with Crippen LogP contribution in [0.25, 0.3) is 0 Å². The Balaban J connectivity index is 1.22. The minimum atomic E-state index is -0.542. The van der Waals surface area contributed by atoms with Gasteiger partial charge in [-0.3, -0.25) is 0 Å². The van der Waals surface area contributed by atoms with Crippen LogP contribution in [-0.4, -0.2) is 47.6 Å². The van der Waals surface area contributed by atoms with Crippen LogP contribution in [0.3, 0.4) is 0 Å². The molecular formula is C35H62N2O2. The highest BCUT2D eigenvalue weighted by atomic mass is 16.3. The number of likely N-dealkylation sites (N-methyl/N-ethyl adjacent to an activating group) is 1. The second-order valence-corrected chi connectivity index (χ2v) is 16.3. The average molecular weight is 543 g/mol. The van der Waals surface area contributed by atoms with E-state index in [1.165, 1.54) is 103 Å². The number of unbranched alkanes of at least 4 members (excludes halogenated alkanes) is 7. The smallest absolute Gasteiger partial charge is 0.0687 e. The summed E-state index contributed by atoms with van der Waals surface area (Å²) in [7, 11) is 2.10. The highest BCUT2D eigenvalue weighted by Gasteiger charge is 2.80. The summed E-state index contributed by atoms with van der Waals surface area (Å²) in [6, 6.07) is 1.21. The van der Waals surface area contributed by atoms with Gasteiger partial charge in [-0.1, -0.05) is 78.1 Å². The number of piperidine rings is 1. The summed E-state index contributed by atoms with van der Waals surface area (Å²) in [6.07, 6.45) is 25.2. The number of rotatable bonds is 11. The monoisotopic (exact) mass is 542 g/mol. The topological polar surface area (TPSA) is 64.5 Å². The van der Waals surface area contributed by atoms with Gasteiger partial charge >= 0.3 is 0 Å². The van der Waals surface area contributed by atoms with Gasteiger partial charge in [0, 0.05) is 24.0 Å². The van der Waals surface area contributed by atoms with Gasteiger partial charge in [0.15, 0.2) is 0 Å². The highest BCUT2D eigenvalue weighted by Crippen LogP contribution is 2.82. The number of hydrogen-bond acceptors (Lipinski definition) is 4. The number of aliphatic hydroxyl groups excluding tert-OH is 1. The second kappa shape index (κ2) is 11.2. The zero-order valence-electron chi connectivity index (χ0n) is 25.8. The van der Waals surface area contributed by atoms with E-state index in [0.717, 1.165) is 38.1 Å². The lowest BCUT2D eigenvalue weighted by Crippen LogP contribution is -2.76.